The van der Waals surface area contributed by atoms with E-state index in [4.69, 9.17) is 9.47 Å². The average Bonchev–Trinajstić information content (AvgIpc) is 3.20. The summed E-state index contributed by atoms with van der Waals surface area (Å²) in [5, 5.41) is 2.21. The number of halogens is 1. The molecule has 2 saturated heterocycles. The molecule has 2 aliphatic rings. The number of hydrogen-bond acceptors (Lipinski definition) is 8. The lowest BCUT2D eigenvalue weighted by molar-refractivity contribution is 0.0601. The van der Waals surface area contributed by atoms with Crippen LogP contribution in [0.2, 0.25) is 0 Å². The summed E-state index contributed by atoms with van der Waals surface area (Å²) in [6.45, 7) is 6.64. The standard InChI is InChI=1S/C23H29FN6O5S/c1-14-17(24)18(34-6)26-19(25-14)30-12-16-23(13-30,15-10-8-7-9-11-15)28-20(29(5)36(16,32)33)27-21(31)35-22(2,3)4/h7-11,16H,12-13H2,1-6H3,(H,27,28,31)/t16?,23-/m1/s1. The number of sulfonamides is 1. The molecular weight excluding hydrogens is 491 g/mol. The van der Waals surface area contributed by atoms with Gasteiger partial charge in [0, 0.05) is 20.1 Å². The number of anilines is 1. The van der Waals surface area contributed by atoms with Crippen LogP contribution < -0.4 is 15.0 Å². The van der Waals surface area contributed by atoms with Gasteiger partial charge in [-0.3, -0.25) is 0 Å². The first-order valence-electron chi connectivity index (χ1n) is 11.2. The number of aliphatic imine (C=N–C) groups is 1. The maximum Gasteiger partial charge on any atom is 0.437 e. The minimum atomic E-state index is -4.03. The SMILES string of the molecule is COc1nc(N2CC3[C@](c4ccccc4)(C2)N/C(=N/C(=O)OC(C)(C)C)N(C)S3(=O)=O)nc(C)c1F. The molecule has 0 spiro atoms. The molecular formula is C23H29FN6O5S. The molecule has 13 heteroatoms. The predicted molar refractivity (Wildman–Crippen MR) is 131 cm³/mol. The second kappa shape index (κ2) is 8.87. The van der Waals surface area contributed by atoms with Crippen molar-refractivity contribution in [3.63, 3.8) is 0 Å². The number of aromatic nitrogens is 2. The van der Waals surface area contributed by atoms with Crippen LogP contribution in [0.25, 0.3) is 0 Å². The Morgan fingerprint density at radius 3 is 2.53 bits per heavy atom. The summed E-state index contributed by atoms with van der Waals surface area (Å²) >= 11 is 0. The molecule has 1 unspecified atom stereocenters. The van der Waals surface area contributed by atoms with E-state index in [0.29, 0.717) is 5.56 Å². The molecule has 0 aliphatic carbocycles. The smallest absolute Gasteiger partial charge is 0.437 e. The fourth-order valence-corrected chi connectivity index (χ4v) is 6.24. The van der Waals surface area contributed by atoms with Crippen LogP contribution in [0.1, 0.15) is 32.0 Å². The number of carbonyl (C=O) groups excluding carboxylic acids is 1. The van der Waals surface area contributed by atoms with Gasteiger partial charge in [-0.25, -0.2) is 22.5 Å². The van der Waals surface area contributed by atoms with E-state index >= 15 is 0 Å². The highest BCUT2D eigenvalue weighted by atomic mass is 32.2. The van der Waals surface area contributed by atoms with Crippen LogP contribution >= 0.6 is 0 Å². The average molecular weight is 521 g/mol. The van der Waals surface area contributed by atoms with Crippen molar-refractivity contribution in [2.45, 2.75) is 44.1 Å². The summed E-state index contributed by atoms with van der Waals surface area (Å²) in [5.41, 5.74) is -1.29. The van der Waals surface area contributed by atoms with E-state index in [9.17, 15) is 17.6 Å². The Kier molecular flexibility index (Phi) is 6.31. The summed E-state index contributed by atoms with van der Waals surface area (Å²) in [5.74, 6) is -0.963. The summed E-state index contributed by atoms with van der Waals surface area (Å²) in [6, 6.07) is 9.00. The summed E-state index contributed by atoms with van der Waals surface area (Å²) in [4.78, 5) is 26.5. The maximum atomic E-state index is 14.3. The fraction of sp³-hybridized carbons (Fsp3) is 0.478. The van der Waals surface area contributed by atoms with Crippen LogP contribution in [0, 0.1) is 12.7 Å². The Morgan fingerprint density at radius 1 is 1.25 bits per heavy atom. The molecule has 2 fully saturated rings. The van der Waals surface area contributed by atoms with E-state index in [1.54, 1.807) is 49.9 Å². The number of hydrogen-bond donors (Lipinski definition) is 1. The van der Waals surface area contributed by atoms with Crippen molar-refractivity contribution in [3.8, 4) is 5.88 Å². The van der Waals surface area contributed by atoms with Crippen LogP contribution in [0.15, 0.2) is 35.3 Å². The van der Waals surface area contributed by atoms with Gasteiger partial charge in [0.2, 0.25) is 27.7 Å². The summed E-state index contributed by atoms with van der Waals surface area (Å²) < 4.78 is 53.1. The number of amides is 1. The first kappa shape index (κ1) is 25.6. The molecule has 0 bridgehead atoms. The van der Waals surface area contributed by atoms with Gasteiger partial charge in [-0.2, -0.15) is 9.37 Å². The molecule has 2 aromatic rings. The molecule has 1 aromatic heterocycles. The number of carbonyl (C=O) groups is 1. The van der Waals surface area contributed by atoms with E-state index < -0.39 is 38.3 Å². The number of fused-ring (bicyclic) bond motifs is 1. The summed E-state index contributed by atoms with van der Waals surface area (Å²) in [7, 11) is -1.41. The molecule has 36 heavy (non-hydrogen) atoms. The van der Waals surface area contributed by atoms with Crippen LogP contribution in [0.3, 0.4) is 0 Å². The Morgan fingerprint density at radius 2 is 1.92 bits per heavy atom. The number of rotatable bonds is 3. The molecule has 194 valence electrons. The minimum Gasteiger partial charge on any atom is -0.479 e. The lowest BCUT2D eigenvalue weighted by Crippen LogP contribution is -2.67. The zero-order chi connectivity index (χ0) is 26.5. The molecule has 3 heterocycles. The first-order chi connectivity index (χ1) is 16.8. The van der Waals surface area contributed by atoms with E-state index in [1.165, 1.54) is 21.1 Å². The number of benzene rings is 1. The third-order valence-corrected chi connectivity index (χ3v) is 8.29. The second-order valence-electron chi connectivity index (χ2n) is 9.69. The van der Waals surface area contributed by atoms with Gasteiger partial charge < -0.3 is 19.7 Å². The summed E-state index contributed by atoms with van der Waals surface area (Å²) in [6.07, 6.45) is -0.925. The van der Waals surface area contributed by atoms with Gasteiger partial charge in [0.05, 0.1) is 12.8 Å². The van der Waals surface area contributed by atoms with Crippen LogP contribution in [-0.4, -0.2) is 72.8 Å². The monoisotopic (exact) mass is 520 g/mol. The van der Waals surface area contributed by atoms with Crippen LogP contribution in [0.5, 0.6) is 5.88 Å². The van der Waals surface area contributed by atoms with E-state index in [-0.39, 0.29) is 36.6 Å². The normalized spacial score (nSPS) is 24.3. The van der Waals surface area contributed by atoms with Crippen molar-refractivity contribution >= 4 is 28.0 Å². The quantitative estimate of drug-likeness (QED) is 0.648. The van der Waals surface area contributed by atoms with Crippen LogP contribution in [-0.2, 0) is 20.3 Å². The number of ether oxygens (including phenoxy) is 2. The van der Waals surface area contributed by atoms with E-state index in [1.807, 2.05) is 6.07 Å². The molecule has 2 atom stereocenters. The van der Waals surface area contributed by atoms with Gasteiger partial charge >= 0.3 is 6.09 Å². The van der Waals surface area contributed by atoms with Crippen molar-refractivity contribution in [1.82, 2.24) is 19.6 Å². The Labute approximate surface area is 209 Å². The molecule has 4 rings (SSSR count). The van der Waals surface area contributed by atoms with Gasteiger partial charge in [0.25, 0.3) is 5.88 Å². The van der Waals surface area contributed by atoms with Gasteiger partial charge in [-0.1, -0.05) is 30.3 Å². The third kappa shape index (κ3) is 4.43. The number of aryl methyl sites for hydroxylation is 1. The first-order valence-corrected chi connectivity index (χ1v) is 12.7. The highest BCUT2D eigenvalue weighted by Crippen LogP contribution is 2.41. The zero-order valence-electron chi connectivity index (χ0n) is 20.9. The maximum absolute atomic E-state index is 14.3. The van der Waals surface area contributed by atoms with Gasteiger partial charge in [-0.15, -0.1) is 4.99 Å². The van der Waals surface area contributed by atoms with Crippen molar-refractivity contribution < 1.29 is 27.1 Å². The van der Waals surface area contributed by atoms with Crippen molar-refractivity contribution in [1.29, 1.82) is 0 Å². The molecule has 1 amide bonds. The Hall–Kier alpha value is -3.48. The highest BCUT2D eigenvalue weighted by molar-refractivity contribution is 7.90. The number of guanidine groups is 1. The molecule has 11 nitrogen and oxygen atoms in total. The molecule has 0 saturated carbocycles. The molecule has 0 radical (unpaired) electrons. The van der Waals surface area contributed by atoms with E-state index in [2.05, 4.69) is 20.3 Å². The second-order valence-corrected chi connectivity index (χ2v) is 11.8. The number of methoxy groups -OCH3 is 1. The zero-order valence-corrected chi connectivity index (χ0v) is 21.8. The van der Waals surface area contributed by atoms with E-state index in [0.717, 1.165) is 4.31 Å². The topological polar surface area (TPSA) is 126 Å². The Balaban J connectivity index is 1.84. The fourth-order valence-electron chi connectivity index (χ4n) is 4.38. The minimum absolute atomic E-state index is 0.00249. The predicted octanol–water partition coefficient (Wildman–Crippen LogP) is 2.17. The molecule has 1 aromatic carbocycles. The largest absolute Gasteiger partial charge is 0.479 e. The lowest BCUT2D eigenvalue weighted by atomic mass is 9.88. The molecule has 2 aliphatic heterocycles. The van der Waals surface area contributed by atoms with Crippen molar-refractivity contribution in [3.05, 3.63) is 47.4 Å². The van der Waals surface area contributed by atoms with Gasteiger partial charge in [-0.05, 0) is 33.3 Å². The van der Waals surface area contributed by atoms with Crippen molar-refractivity contribution in [2.24, 2.45) is 4.99 Å². The third-order valence-electron chi connectivity index (χ3n) is 6.08. The lowest BCUT2D eigenvalue weighted by Gasteiger charge is -2.44. The van der Waals surface area contributed by atoms with Gasteiger partial charge in [0.1, 0.15) is 16.4 Å². The van der Waals surface area contributed by atoms with Gasteiger partial charge in [0.15, 0.2) is 0 Å². The van der Waals surface area contributed by atoms with Crippen molar-refractivity contribution in [2.75, 3.05) is 32.1 Å². The highest BCUT2D eigenvalue weighted by Gasteiger charge is 2.60. The number of nitrogens with zero attached hydrogens (tertiary/aromatic N) is 5. The van der Waals surface area contributed by atoms with Crippen LogP contribution in [0.4, 0.5) is 15.1 Å². The Bertz CT molecular complexity index is 1310. The molecule has 1 N–H and O–H groups in total. The number of nitrogens with one attached hydrogen (secondary N) is 1.